The van der Waals surface area contributed by atoms with E-state index < -0.39 is 18.2 Å². The molecule has 49 heavy (non-hydrogen) atoms. The molecule has 2 aliphatic heterocycles. The molecule has 11 heteroatoms. The summed E-state index contributed by atoms with van der Waals surface area (Å²) in [6, 6.07) is 27.4. The molecule has 11 nitrogen and oxygen atoms in total. The molecule has 2 N–H and O–H groups in total. The Kier molecular flexibility index (Phi) is 10.3. The number of nitrogens with one attached hydrogen (secondary N) is 1. The Morgan fingerprint density at radius 1 is 0.980 bits per heavy atom. The average molecular weight is 662 g/mol. The number of methoxy groups -OCH3 is 1. The van der Waals surface area contributed by atoms with Crippen molar-refractivity contribution in [3.8, 4) is 23.8 Å². The van der Waals surface area contributed by atoms with Crippen molar-refractivity contribution < 1.29 is 29.0 Å². The average Bonchev–Trinajstić information content (AvgIpc) is 3.46. The minimum atomic E-state index is -0.814. The van der Waals surface area contributed by atoms with E-state index in [2.05, 4.69) is 11.2 Å². The molecule has 0 bridgehead atoms. The standard InChI is InChI=1S/C38H39N5O6/c1-3-19-41(38(47)39-23-28-13-15-31(48-2)16-14-28)42-26-36(45)43-34(22-27-11-17-32(18-12-27)49-21-20-44)37(46)40(25-35(42)43)24-30-9-6-8-29-7-4-5-10-33(29)30/h1,4-18,34-35,44H,19-26H2,2H3,(H,39,47)/t34-,35+/m0/s1. The second kappa shape index (κ2) is 15.1. The highest BCUT2D eigenvalue weighted by atomic mass is 16.5. The number of fused-ring (bicyclic) bond motifs is 2. The smallest absolute Gasteiger partial charge is 0.333 e. The van der Waals surface area contributed by atoms with Crippen LogP contribution in [0.1, 0.15) is 16.7 Å². The number of aliphatic hydroxyl groups excluding tert-OH is 1. The summed E-state index contributed by atoms with van der Waals surface area (Å²) in [6.07, 6.45) is 5.39. The Hall–Kier alpha value is -5.57. The fourth-order valence-electron chi connectivity index (χ4n) is 6.51. The van der Waals surface area contributed by atoms with Crippen LogP contribution in [0.15, 0.2) is 91.0 Å². The third-order valence-electron chi connectivity index (χ3n) is 8.91. The van der Waals surface area contributed by atoms with Crippen molar-refractivity contribution in [2.45, 2.75) is 31.7 Å². The number of carbonyl (C=O) groups excluding carboxylic acids is 3. The summed E-state index contributed by atoms with van der Waals surface area (Å²) in [4.78, 5) is 45.2. The molecule has 0 aliphatic carbocycles. The fourth-order valence-corrected chi connectivity index (χ4v) is 6.51. The summed E-state index contributed by atoms with van der Waals surface area (Å²) < 4.78 is 10.7. The van der Waals surface area contributed by atoms with E-state index in [-0.39, 0.29) is 57.6 Å². The van der Waals surface area contributed by atoms with Crippen LogP contribution in [0.2, 0.25) is 0 Å². The topological polar surface area (TPSA) is 115 Å². The third-order valence-corrected chi connectivity index (χ3v) is 8.91. The molecule has 4 aromatic rings. The van der Waals surface area contributed by atoms with Crippen LogP contribution in [0.3, 0.4) is 0 Å². The second-order valence-corrected chi connectivity index (χ2v) is 11.9. The van der Waals surface area contributed by atoms with Gasteiger partial charge in [0.05, 0.1) is 33.4 Å². The van der Waals surface area contributed by atoms with Crippen LogP contribution in [0, 0.1) is 12.3 Å². The van der Waals surface area contributed by atoms with E-state index in [0.717, 1.165) is 27.5 Å². The van der Waals surface area contributed by atoms with Gasteiger partial charge in [-0.2, -0.15) is 5.01 Å². The molecule has 2 heterocycles. The number of nitrogens with zero attached hydrogens (tertiary/aromatic N) is 4. The molecule has 0 radical (unpaired) electrons. The van der Waals surface area contributed by atoms with Gasteiger partial charge in [0.2, 0.25) is 11.8 Å². The molecule has 0 spiro atoms. The predicted octanol–water partition coefficient (Wildman–Crippen LogP) is 3.40. The SMILES string of the molecule is C#CCN(C(=O)NCc1ccc(OC)cc1)N1CC(=O)N2[C@@H](Cc3ccc(OCCO)cc3)C(=O)N(Cc3cccc4ccccc34)C[C@@H]21. The first-order chi connectivity index (χ1) is 23.9. The summed E-state index contributed by atoms with van der Waals surface area (Å²) >= 11 is 0. The lowest BCUT2D eigenvalue weighted by molar-refractivity contribution is -0.157. The quantitative estimate of drug-likeness (QED) is 0.224. The number of aliphatic hydroxyl groups is 1. The van der Waals surface area contributed by atoms with Gasteiger partial charge in [-0.3, -0.25) is 9.59 Å². The lowest BCUT2D eigenvalue weighted by Gasteiger charge is -2.46. The Morgan fingerprint density at radius 3 is 2.43 bits per heavy atom. The normalized spacial score (nSPS) is 17.5. The molecule has 0 saturated carbocycles. The maximum absolute atomic E-state index is 14.3. The van der Waals surface area contributed by atoms with Gasteiger partial charge in [-0.15, -0.1) is 6.42 Å². The van der Waals surface area contributed by atoms with E-state index in [1.807, 2.05) is 78.9 Å². The van der Waals surface area contributed by atoms with Gasteiger partial charge in [-0.05, 0) is 51.7 Å². The highest BCUT2D eigenvalue weighted by Crippen LogP contribution is 2.31. The molecule has 0 unspecified atom stereocenters. The predicted molar refractivity (Wildman–Crippen MR) is 184 cm³/mol. The van der Waals surface area contributed by atoms with E-state index in [4.69, 9.17) is 21.0 Å². The Labute approximate surface area is 285 Å². The Bertz CT molecular complexity index is 1840. The molecule has 6 rings (SSSR count). The fraction of sp³-hybridized carbons (Fsp3) is 0.289. The summed E-state index contributed by atoms with van der Waals surface area (Å²) in [5, 5.41) is 17.2. The second-order valence-electron chi connectivity index (χ2n) is 11.9. The molecular weight excluding hydrogens is 622 g/mol. The molecule has 2 fully saturated rings. The first-order valence-electron chi connectivity index (χ1n) is 16.2. The van der Waals surface area contributed by atoms with Gasteiger partial charge in [0.25, 0.3) is 0 Å². The van der Waals surface area contributed by atoms with Gasteiger partial charge in [0.1, 0.15) is 30.3 Å². The molecule has 252 valence electrons. The van der Waals surface area contributed by atoms with Crippen LogP contribution in [0.25, 0.3) is 10.8 Å². The van der Waals surface area contributed by atoms with E-state index in [9.17, 15) is 14.4 Å². The molecule has 2 atom stereocenters. The van der Waals surface area contributed by atoms with Crippen LogP contribution in [-0.2, 0) is 29.1 Å². The van der Waals surface area contributed by atoms with E-state index >= 15 is 0 Å². The third kappa shape index (κ3) is 7.31. The zero-order chi connectivity index (χ0) is 34.3. The minimum absolute atomic E-state index is 0.0662. The molecule has 2 saturated heterocycles. The number of carbonyl (C=O) groups is 3. The van der Waals surface area contributed by atoms with E-state index in [0.29, 0.717) is 18.0 Å². The minimum Gasteiger partial charge on any atom is -0.497 e. The van der Waals surface area contributed by atoms with Gasteiger partial charge in [0.15, 0.2) is 0 Å². The molecule has 2 aliphatic rings. The first-order valence-corrected chi connectivity index (χ1v) is 16.2. The highest BCUT2D eigenvalue weighted by molar-refractivity contribution is 5.92. The molecule has 0 aromatic heterocycles. The van der Waals surface area contributed by atoms with Gasteiger partial charge < -0.3 is 29.7 Å². The van der Waals surface area contributed by atoms with Crippen molar-refractivity contribution in [3.63, 3.8) is 0 Å². The van der Waals surface area contributed by atoms with Crippen molar-refractivity contribution in [3.05, 3.63) is 108 Å². The Balaban J connectivity index is 1.29. The van der Waals surface area contributed by atoms with E-state index in [1.165, 1.54) is 5.01 Å². The summed E-state index contributed by atoms with van der Waals surface area (Å²) in [7, 11) is 1.59. The number of rotatable bonds is 12. The number of ether oxygens (including phenoxy) is 2. The van der Waals surface area contributed by atoms with Gasteiger partial charge in [-0.1, -0.05) is 72.7 Å². The number of piperazine rings is 1. The summed E-state index contributed by atoms with van der Waals surface area (Å²) in [5.74, 6) is 3.44. The van der Waals surface area contributed by atoms with Crippen LogP contribution in [-0.4, -0.2) is 94.9 Å². The van der Waals surface area contributed by atoms with Crippen LogP contribution >= 0.6 is 0 Å². The largest absolute Gasteiger partial charge is 0.497 e. The summed E-state index contributed by atoms with van der Waals surface area (Å²) in [6.45, 7) is 0.653. The summed E-state index contributed by atoms with van der Waals surface area (Å²) in [5.41, 5.74) is 2.69. The first kappa shape index (κ1) is 33.3. The maximum atomic E-state index is 14.3. The van der Waals surface area contributed by atoms with Gasteiger partial charge in [-0.25, -0.2) is 9.80 Å². The van der Waals surface area contributed by atoms with Gasteiger partial charge >= 0.3 is 6.03 Å². The van der Waals surface area contributed by atoms with E-state index in [1.54, 1.807) is 34.1 Å². The molecule has 4 aromatic carbocycles. The van der Waals surface area contributed by atoms with Crippen LogP contribution in [0.5, 0.6) is 11.5 Å². The molecule has 4 amide bonds. The lowest BCUT2D eigenvalue weighted by Crippen LogP contribution is -2.66. The van der Waals surface area contributed by atoms with Crippen molar-refractivity contribution in [2.24, 2.45) is 0 Å². The van der Waals surface area contributed by atoms with Crippen molar-refractivity contribution in [1.82, 2.24) is 25.1 Å². The highest BCUT2D eigenvalue weighted by Gasteiger charge is 2.52. The number of urea groups is 1. The zero-order valence-electron chi connectivity index (χ0n) is 27.3. The van der Waals surface area contributed by atoms with Crippen LogP contribution in [0.4, 0.5) is 4.79 Å². The number of amides is 4. The number of terminal acetylenes is 1. The van der Waals surface area contributed by atoms with Crippen LogP contribution < -0.4 is 14.8 Å². The zero-order valence-corrected chi connectivity index (χ0v) is 27.3. The molecular formula is C38H39N5O6. The lowest BCUT2D eigenvalue weighted by atomic mass is 9.99. The maximum Gasteiger partial charge on any atom is 0.333 e. The van der Waals surface area contributed by atoms with Crippen molar-refractivity contribution in [1.29, 1.82) is 0 Å². The number of hydrogen-bond donors (Lipinski definition) is 2. The van der Waals surface area contributed by atoms with Gasteiger partial charge in [0, 0.05) is 19.5 Å². The monoisotopic (exact) mass is 661 g/mol. The number of hydrazine groups is 1. The van der Waals surface area contributed by atoms with Crippen molar-refractivity contribution >= 4 is 28.6 Å². The number of benzene rings is 4. The van der Waals surface area contributed by atoms with Crippen molar-refractivity contribution in [2.75, 3.05) is 40.0 Å². The Morgan fingerprint density at radius 2 is 1.69 bits per heavy atom. The number of hydrogen-bond acceptors (Lipinski definition) is 7.